The monoisotopic (exact) mass is 495 g/mol. The van der Waals surface area contributed by atoms with Crippen LogP contribution in [0.4, 0.5) is 0 Å². The highest BCUT2D eigenvalue weighted by atomic mass is 16.5. The normalized spacial score (nSPS) is 11.8. The highest BCUT2D eigenvalue weighted by Crippen LogP contribution is 2.24. The third-order valence-electron chi connectivity index (χ3n) is 6.04. The van der Waals surface area contributed by atoms with Crippen LogP contribution in [0.15, 0.2) is 73.2 Å². The summed E-state index contributed by atoms with van der Waals surface area (Å²) >= 11 is 0. The summed E-state index contributed by atoms with van der Waals surface area (Å²) in [4.78, 5) is 26.4. The van der Waals surface area contributed by atoms with Crippen molar-refractivity contribution in [2.24, 2.45) is 0 Å². The second kappa shape index (κ2) is 10.1. The van der Waals surface area contributed by atoms with Crippen LogP contribution >= 0.6 is 0 Å². The summed E-state index contributed by atoms with van der Waals surface area (Å²) in [6, 6.07) is 19.8. The minimum Gasteiger partial charge on any atom is -0.388 e. The fourth-order valence-electron chi connectivity index (χ4n) is 4.23. The Morgan fingerprint density at radius 2 is 1.89 bits per heavy atom. The van der Waals surface area contributed by atoms with Crippen LogP contribution in [0.1, 0.15) is 35.3 Å². The third-order valence-corrected chi connectivity index (χ3v) is 6.04. The molecule has 5 rings (SSSR count). The predicted molar refractivity (Wildman–Crippen MR) is 143 cm³/mol. The largest absolute Gasteiger partial charge is 0.388 e. The summed E-state index contributed by atoms with van der Waals surface area (Å²) < 4.78 is 7.37. The lowest BCUT2D eigenvalue weighted by atomic mass is 10.0. The van der Waals surface area contributed by atoms with Crippen molar-refractivity contribution >= 4 is 28.0 Å². The number of benzene rings is 2. The van der Waals surface area contributed by atoms with Gasteiger partial charge in [-0.25, -0.2) is 9.97 Å². The second-order valence-corrected chi connectivity index (χ2v) is 9.78. The number of nitrogens with one attached hydrogen (secondary N) is 1. The zero-order chi connectivity index (χ0) is 26.0. The van der Waals surface area contributed by atoms with Gasteiger partial charge >= 0.3 is 0 Å². The zero-order valence-electron chi connectivity index (χ0n) is 21.1. The molecule has 0 unspecified atom stereocenters. The van der Waals surface area contributed by atoms with Gasteiger partial charge in [-0.05, 0) is 74.4 Å². The van der Waals surface area contributed by atoms with E-state index >= 15 is 0 Å². The van der Waals surface area contributed by atoms with Crippen molar-refractivity contribution in [1.29, 1.82) is 0 Å². The van der Waals surface area contributed by atoms with Crippen LogP contribution in [0.2, 0.25) is 0 Å². The number of aliphatic hydroxyl groups is 1. The van der Waals surface area contributed by atoms with E-state index in [4.69, 9.17) is 9.72 Å². The van der Waals surface area contributed by atoms with E-state index in [0.717, 1.165) is 44.5 Å². The molecular weight excluding hydrogens is 466 g/mol. The predicted octanol–water partition coefficient (Wildman–Crippen LogP) is 4.48. The summed E-state index contributed by atoms with van der Waals surface area (Å²) in [5.74, 6) is -0.230. The fourth-order valence-corrected chi connectivity index (χ4v) is 4.23. The number of aryl methyl sites for hydroxylation is 1. The Balaban J connectivity index is 1.34. The summed E-state index contributed by atoms with van der Waals surface area (Å²) in [7, 11) is 0. The third kappa shape index (κ3) is 5.66. The second-order valence-electron chi connectivity index (χ2n) is 9.78. The van der Waals surface area contributed by atoms with Crippen LogP contribution in [0.3, 0.4) is 0 Å². The van der Waals surface area contributed by atoms with Gasteiger partial charge in [-0.1, -0.05) is 18.2 Å². The number of rotatable bonds is 8. The zero-order valence-corrected chi connectivity index (χ0v) is 21.1. The summed E-state index contributed by atoms with van der Waals surface area (Å²) in [5, 5.41) is 13.5. The standard InChI is InChI=1S/C29H29N5O3/c1-19-13-22(7-8-23(19)28(35)32-18-37-16-29(2,3)36)25-10-11-26-27(33-25)34(17-31-26)15-20-6-9-24-21(14-20)5-4-12-30-24/h4-14,17,36H,15-16,18H2,1-3H3,(H,32,35). The molecule has 0 fully saturated rings. The van der Waals surface area contributed by atoms with Crippen LogP contribution in [-0.4, -0.2) is 49.5 Å². The Labute approximate surface area is 215 Å². The number of aromatic nitrogens is 4. The van der Waals surface area contributed by atoms with E-state index in [-0.39, 0.29) is 19.2 Å². The highest BCUT2D eigenvalue weighted by Gasteiger charge is 2.15. The number of carbonyl (C=O) groups excluding carboxylic acids is 1. The van der Waals surface area contributed by atoms with E-state index < -0.39 is 5.60 Å². The molecule has 0 aliphatic carbocycles. The van der Waals surface area contributed by atoms with Gasteiger partial charge in [0, 0.05) is 22.7 Å². The van der Waals surface area contributed by atoms with E-state index in [0.29, 0.717) is 12.1 Å². The lowest BCUT2D eigenvalue weighted by Gasteiger charge is -2.17. The molecule has 0 aliphatic heterocycles. The van der Waals surface area contributed by atoms with Crippen molar-refractivity contribution in [3.8, 4) is 11.3 Å². The Morgan fingerprint density at radius 1 is 1.05 bits per heavy atom. The van der Waals surface area contributed by atoms with Crippen molar-refractivity contribution in [1.82, 2.24) is 24.8 Å². The van der Waals surface area contributed by atoms with Gasteiger partial charge < -0.3 is 19.7 Å². The maximum atomic E-state index is 12.6. The van der Waals surface area contributed by atoms with Crippen molar-refractivity contribution in [3.63, 3.8) is 0 Å². The summed E-state index contributed by atoms with van der Waals surface area (Å²) in [5.41, 5.74) is 5.90. The van der Waals surface area contributed by atoms with Crippen LogP contribution in [0, 0.1) is 6.92 Å². The molecule has 0 bridgehead atoms. The van der Waals surface area contributed by atoms with Gasteiger partial charge in [0.15, 0.2) is 5.65 Å². The molecule has 2 N–H and O–H groups in total. The van der Waals surface area contributed by atoms with Gasteiger partial charge in [0.05, 0.1) is 36.3 Å². The van der Waals surface area contributed by atoms with Gasteiger partial charge in [0.1, 0.15) is 12.2 Å². The molecule has 0 radical (unpaired) electrons. The maximum Gasteiger partial charge on any atom is 0.253 e. The maximum absolute atomic E-state index is 12.6. The average Bonchev–Trinajstić information content (AvgIpc) is 3.27. The molecule has 37 heavy (non-hydrogen) atoms. The quantitative estimate of drug-likeness (QED) is 0.243. The summed E-state index contributed by atoms with van der Waals surface area (Å²) in [6.07, 6.45) is 3.61. The van der Waals surface area contributed by atoms with Crippen LogP contribution in [0.5, 0.6) is 0 Å². The van der Waals surface area contributed by atoms with Gasteiger partial charge in [-0.3, -0.25) is 9.78 Å². The Bertz CT molecular complexity index is 1590. The number of imidazole rings is 1. The Kier molecular flexibility index (Phi) is 6.69. The van der Waals surface area contributed by atoms with E-state index in [2.05, 4.69) is 33.5 Å². The van der Waals surface area contributed by atoms with Crippen LogP contribution in [-0.2, 0) is 11.3 Å². The number of hydrogen-bond acceptors (Lipinski definition) is 6. The number of nitrogens with zero attached hydrogens (tertiary/aromatic N) is 4. The van der Waals surface area contributed by atoms with Gasteiger partial charge in [0.2, 0.25) is 0 Å². The number of amides is 1. The molecule has 0 spiro atoms. The first-order valence-electron chi connectivity index (χ1n) is 12.1. The summed E-state index contributed by atoms with van der Waals surface area (Å²) in [6.45, 7) is 6.00. The van der Waals surface area contributed by atoms with Crippen molar-refractivity contribution in [2.45, 2.75) is 32.9 Å². The van der Waals surface area contributed by atoms with Crippen molar-refractivity contribution < 1.29 is 14.6 Å². The molecule has 0 atom stereocenters. The molecule has 0 saturated heterocycles. The first-order valence-corrected chi connectivity index (χ1v) is 12.1. The lowest BCUT2D eigenvalue weighted by molar-refractivity contribution is -0.0247. The molecule has 2 aromatic carbocycles. The minimum atomic E-state index is -0.946. The van der Waals surface area contributed by atoms with Gasteiger partial charge in [-0.15, -0.1) is 0 Å². The topological polar surface area (TPSA) is 102 Å². The molecular formula is C29H29N5O3. The molecule has 8 nitrogen and oxygen atoms in total. The van der Waals surface area contributed by atoms with E-state index in [9.17, 15) is 9.90 Å². The SMILES string of the molecule is Cc1cc(-c2ccc3ncn(Cc4ccc5ncccc5c4)c3n2)ccc1C(=O)NCOCC(C)(C)O. The minimum absolute atomic E-state index is 0.0277. The number of fused-ring (bicyclic) bond motifs is 2. The first kappa shape index (κ1) is 24.5. The first-order chi connectivity index (χ1) is 17.8. The van der Waals surface area contributed by atoms with E-state index in [1.165, 1.54) is 0 Å². The molecule has 3 aromatic heterocycles. The highest BCUT2D eigenvalue weighted by molar-refractivity contribution is 5.96. The molecule has 1 amide bonds. The van der Waals surface area contributed by atoms with Crippen LogP contribution < -0.4 is 5.32 Å². The number of ether oxygens (including phenoxy) is 1. The number of hydrogen-bond donors (Lipinski definition) is 2. The lowest BCUT2D eigenvalue weighted by Crippen LogP contribution is -2.32. The molecule has 5 aromatic rings. The van der Waals surface area contributed by atoms with Crippen LogP contribution in [0.25, 0.3) is 33.3 Å². The number of carbonyl (C=O) groups is 1. The molecule has 188 valence electrons. The molecule has 8 heteroatoms. The van der Waals surface area contributed by atoms with E-state index in [1.54, 1.807) is 26.1 Å². The Morgan fingerprint density at radius 3 is 2.70 bits per heavy atom. The van der Waals surface area contributed by atoms with Crippen molar-refractivity contribution in [3.05, 3.63) is 89.9 Å². The fraction of sp³-hybridized carbons (Fsp3) is 0.241. The molecule has 0 aliphatic rings. The Hall–Kier alpha value is -4.14. The molecule has 0 saturated carbocycles. The van der Waals surface area contributed by atoms with Gasteiger partial charge in [0.25, 0.3) is 5.91 Å². The van der Waals surface area contributed by atoms with Crippen molar-refractivity contribution in [2.75, 3.05) is 13.3 Å². The number of pyridine rings is 2. The van der Waals surface area contributed by atoms with Gasteiger partial charge in [-0.2, -0.15) is 0 Å². The molecule has 3 heterocycles. The smallest absolute Gasteiger partial charge is 0.253 e. The average molecular weight is 496 g/mol. The van der Waals surface area contributed by atoms with E-state index in [1.807, 2.05) is 54.2 Å².